The summed E-state index contributed by atoms with van der Waals surface area (Å²) in [6.07, 6.45) is 3.43. The van der Waals surface area contributed by atoms with E-state index in [1.807, 2.05) is 59.4 Å². The summed E-state index contributed by atoms with van der Waals surface area (Å²) >= 11 is 0. The maximum atomic E-state index is 5.89. The summed E-state index contributed by atoms with van der Waals surface area (Å²) in [4.78, 5) is 8.97. The van der Waals surface area contributed by atoms with Crippen LogP contribution in [-0.4, -0.2) is 26.9 Å². The summed E-state index contributed by atoms with van der Waals surface area (Å²) in [7, 11) is 1.63. The molecule has 0 bridgehead atoms. The van der Waals surface area contributed by atoms with Gasteiger partial charge in [-0.3, -0.25) is 4.68 Å². The number of hydrogen-bond acceptors (Lipinski definition) is 7. The Hall–Kier alpha value is -4.69. The first-order valence-corrected chi connectivity index (χ1v) is 11.6. The normalized spacial score (nSPS) is 11.3. The molecule has 8 heteroatoms. The molecule has 0 aliphatic heterocycles. The van der Waals surface area contributed by atoms with E-state index >= 15 is 0 Å². The Bertz CT molecular complexity index is 1670. The number of aromatic nitrogens is 4. The van der Waals surface area contributed by atoms with Gasteiger partial charge >= 0.3 is 0 Å². The fraction of sp³-hybridized carbons (Fsp3) is 0.107. The van der Waals surface area contributed by atoms with Gasteiger partial charge in [0.2, 0.25) is 0 Å². The summed E-state index contributed by atoms with van der Waals surface area (Å²) in [5, 5.41) is 9.93. The van der Waals surface area contributed by atoms with E-state index in [0.29, 0.717) is 29.6 Å². The molecule has 8 nitrogen and oxygen atoms in total. The molecular formula is C28H24N6O2. The smallest absolute Gasteiger partial charge is 0.141 e. The third-order valence-electron chi connectivity index (χ3n) is 6.16. The average molecular weight is 477 g/mol. The van der Waals surface area contributed by atoms with Crippen molar-refractivity contribution in [2.75, 3.05) is 12.4 Å². The van der Waals surface area contributed by atoms with Crippen molar-refractivity contribution in [2.45, 2.75) is 13.1 Å². The quantitative estimate of drug-likeness (QED) is 0.314. The lowest BCUT2D eigenvalue weighted by Crippen LogP contribution is -2.01. The first-order chi connectivity index (χ1) is 17.7. The molecule has 6 aromatic rings. The van der Waals surface area contributed by atoms with Crippen molar-refractivity contribution in [3.63, 3.8) is 0 Å². The second kappa shape index (κ2) is 9.16. The minimum Gasteiger partial charge on any atom is -0.496 e. The number of ether oxygens (including phenoxy) is 1. The van der Waals surface area contributed by atoms with Crippen molar-refractivity contribution in [1.82, 2.24) is 19.7 Å². The second-order valence-electron chi connectivity index (χ2n) is 8.45. The summed E-state index contributed by atoms with van der Waals surface area (Å²) in [5.41, 5.74) is 10.5. The van der Waals surface area contributed by atoms with Crippen molar-refractivity contribution < 1.29 is 9.15 Å². The van der Waals surface area contributed by atoms with Gasteiger partial charge in [-0.05, 0) is 42.0 Å². The number of methoxy groups -OCH3 is 1. The standard InChI is InChI=1S/C28H24N6O2/c1-35-27-13-24-22(12-23(27)26-10-8-21(14-29)36-26)28(31-17-30-24)33-20-7-9-25-19(11-20)15-32-34(25)16-18-5-3-2-4-6-18/h2-13,15,17H,14,16,29H2,1H3,(H,30,31,33). The van der Waals surface area contributed by atoms with E-state index in [2.05, 4.69) is 44.6 Å². The fourth-order valence-corrected chi connectivity index (χ4v) is 4.36. The highest BCUT2D eigenvalue weighted by Gasteiger charge is 2.15. The highest BCUT2D eigenvalue weighted by Crippen LogP contribution is 2.37. The van der Waals surface area contributed by atoms with Crippen molar-refractivity contribution >= 4 is 33.3 Å². The lowest BCUT2D eigenvalue weighted by atomic mass is 10.1. The molecule has 0 saturated carbocycles. The molecule has 3 aromatic heterocycles. The molecule has 0 amide bonds. The van der Waals surface area contributed by atoms with Gasteiger partial charge in [0, 0.05) is 22.5 Å². The molecule has 0 unspecified atom stereocenters. The van der Waals surface area contributed by atoms with Crippen LogP contribution in [0.25, 0.3) is 33.1 Å². The summed E-state index contributed by atoms with van der Waals surface area (Å²) in [5.74, 6) is 2.73. The number of rotatable bonds is 7. The molecule has 0 aliphatic rings. The Balaban J connectivity index is 1.35. The number of furan rings is 1. The van der Waals surface area contributed by atoms with E-state index in [4.69, 9.17) is 14.9 Å². The average Bonchev–Trinajstić information content (AvgIpc) is 3.56. The minimum atomic E-state index is 0.330. The predicted molar refractivity (Wildman–Crippen MR) is 140 cm³/mol. The summed E-state index contributed by atoms with van der Waals surface area (Å²) in [6, 6.07) is 24.1. The highest BCUT2D eigenvalue weighted by atomic mass is 16.5. The first-order valence-electron chi connectivity index (χ1n) is 11.6. The molecule has 0 saturated heterocycles. The van der Waals surface area contributed by atoms with Gasteiger partial charge in [-0.2, -0.15) is 5.10 Å². The van der Waals surface area contributed by atoms with Gasteiger partial charge in [0.15, 0.2) is 0 Å². The number of hydrogen-bond donors (Lipinski definition) is 2. The van der Waals surface area contributed by atoms with Gasteiger partial charge < -0.3 is 20.2 Å². The van der Waals surface area contributed by atoms with Crippen LogP contribution in [0.1, 0.15) is 11.3 Å². The zero-order valence-corrected chi connectivity index (χ0v) is 19.7. The van der Waals surface area contributed by atoms with Gasteiger partial charge in [0.1, 0.15) is 29.4 Å². The van der Waals surface area contributed by atoms with Crippen molar-refractivity contribution in [3.05, 3.63) is 96.6 Å². The molecular weight excluding hydrogens is 452 g/mol. The van der Waals surface area contributed by atoms with Crippen LogP contribution in [0.5, 0.6) is 5.75 Å². The van der Waals surface area contributed by atoms with E-state index in [1.54, 1.807) is 13.4 Å². The van der Waals surface area contributed by atoms with Crippen molar-refractivity contribution in [1.29, 1.82) is 0 Å². The molecule has 3 N–H and O–H groups in total. The van der Waals surface area contributed by atoms with Gasteiger partial charge in [-0.15, -0.1) is 0 Å². The highest BCUT2D eigenvalue weighted by molar-refractivity contribution is 5.96. The zero-order valence-electron chi connectivity index (χ0n) is 19.7. The van der Waals surface area contributed by atoms with E-state index in [-0.39, 0.29) is 0 Å². The number of nitrogens with two attached hydrogens (primary N) is 1. The monoisotopic (exact) mass is 476 g/mol. The molecule has 0 fully saturated rings. The molecule has 6 rings (SSSR count). The molecule has 0 spiro atoms. The first kappa shape index (κ1) is 21.8. The topological polar surface area (TPSA) is 104 Å². The number of nitrogens with zero attached hydrogens (tertiary/aromatic N) is 4. The predicted octanol–water partition coefficient (Wildman–Crippen LogP) is 5.50. The summed E-state index contributed by atoms with van der Waals surface area (Å²) in [6.45, 7) is 1.05. The molecule has 178 valence electrons. The number of benzene rings is 3. The van der Waals surface area contributed by atoms with Crippen LogP contribution in [0.4, 0.5) is 11.5 Å². The van der Waals surface area contributed by atoms with E-state index in [0.717, 1.165) is 39.6 Å². The number of fused-ring (bicyclic) bond motifs is 2. The Labute approximate surface area is 207 Å². The van der Waals surface area contributed by atoms with Crippen LogP contribution in [0, 0.1) is 0 Å². The maximum absolute atomic E-state index is 5.89. The third-order valence-corrected chi connectivity index (χ3v) is 6.16. The minimum absolute atomic E-state index is 0.330. The van der Waals surface area contributed by atoms with Crippen LogP contribution >= 0.6 is 0 Å². The Morgan fingerprint density at radius 1 is 1.00 bits per heavy atom. The molecule has 0 aliphatic carbocycles. The Morgan fingerprint density at radius 2 is 1.89 bits per heavy atom. The molecule has 3 heterocycles. The summed E-state index contributed by atoms with van der Waals surface area (Å²) < 4.78 is 13.5. The van der Waals surface area contributed by atoms with Crippen LogP contribution < -0.4 is 15.8 Å². The van der Waals surface area contributed by atoms with Gasteiger partial charge in [-0.25, -0.2) is 9.97 Å². The van der Waals surface area contributed by atoms with Crippen molar-refractivity contribution in [2.24, 2.45) is 5.73 Å². The lowest BCUT2D eigenvalue weighted by Gasteiger charge is -2.12. The number of anilines is 2. The van der Waals surface area contributed by atoms with Crippen LogP contribution in [0.15, 0.2) is 89.7 Å². The number of nitrogens with one attached hydrogen (secondary N) is 1. The van der Waals surface area contributed by atoms with Crippen molar-refractivity contribution in [3.8, 4) is 17.1 Å². The van der Waals surface area contributed by atoms with E-state index in [1.165, 1.54) is 5.56 Å². The van der Waals surface area contributed by atoms with Crippen LogP contribution in [0.2, 0.25) is 0 Å². The van der Waals surface area contributed by atoms with Gasteiger partial charge in [-0.1, -0.05) is 30.3 Å². The maximum Gasteiger partial charge on any atom is 0.141 e. The SMILES string of the molecule is COc1cc2ncnc(Nc3ccc4c(cnn4Cc4ccccc4)c3)c2cc1-c1ccc(CN)o1. The zero-order chi connectivity index (χ0) is 24.5. The third kappa shape index (κ3) is 4.03. The van der Waals surface area contributed by atoms with E-state index in [9.17, 15) is 0 Å². The Morgan fingerprint density at radius 3 is 2.69 bits per heavy atom. The van der Waals surface area contributed by atoms with E-state index < -0.39 is 0 Å². The van der Waals surface area contributed by atoms with Gasteiger partial charge in [0.05, 0.1) is 43.0 Å². The van der Waals surface area contributed by atoms with Crippen LogP contribution in [-0.2, 0) is 13.1 Å². The second-order valence-corrected chi connectivity index (χ2v) is 8.45. The molecule has 0 radical (unpaired) electrons. The lowest BCUT2D eigenvalue weighted by molar-refractivity contribution is 0.414. The molecule has 36 heavy (non-hydrogen) atoms. The fourth-order valence-electron chi connectivity index (χ4n) is 4.36. The molecule has 0 atom stereocenters. The van der Waals surface area contributed by atoms with Crippen LogP contribution in [0.3, 0.4) is 0 Å². The van der Waals surface area contributed by atoms with Gasteiger partial charge in [0.25, 0.3) is 0 Å². The molecule has 3 aromatic carbocycles. The Kier molecular flexibility index (Phi) is 5.55. The largest absolute Gasteiger partial charge is 0.496 e.